The molecule has 0 radical (unpaired) electrons. The second-order valence-corrected chi connectivity index (χ2v) is 13.5. The lowest BCUT2D eigenvalue weighted by atomic mass is 9.61. The minimum Gasteiger partial charge on any atom is -0.390 e. The minimum atomic E-state index is -0.690. The Kier molecular flexibility index (Phi) is 7.23. The summed E-state index contributed by atoms with van der Waals surface area (Å²) in [4.78, 5) is 5.81. The van der Waals surface area contributed by atoms with Gasteiger partial charge in [-0.3, -0.25) is 0 Å². The van der Waals surface area contributed by atoms with Gasteiger partial charge in [-0.25, -0.2) is 4.98 Å². The fourth-order valence-corrected chi connectivity index (χ4v) is 8.56. The molecule has 0 bridgehead atoms. The van der Waals surface area contributed by atoms with Crippen LogP contribution in [0, 0.1) is 30.1 Å². The molecule has 4 nitrogen and oxygen atoms in total. The third-order valence-corrected chi connectivity index (χ3v) is 11.1. The molecule has 5 rings (SSSR count). The van der Waals surface area contributed by atoms with Gasteiger partial charge in [0, 0.05) is 23.9 Å². The van der Waals surface area contributed by atoms with E-state index in [2.05, 4.69) is 56.6 Å². The highest BCUT2D eigenvalue weighted by atomic mass is 32.1. The van der Waals surface area contributed by atoms with Crippen molar-refractivity contribution in [1.82, 2.24) is 4.98 Å². The number of fused-ring (bicyclic) bond motifs is 1. The Morgan fingerprint density at radius 2 is 1.86 bits per heavy atom. The Labute approximate surface area is 220 Å². The van der Waals surface area contributed by atoms with E-state index in [9.17, 15) is 15.3 Å². The Morgan fingerprint density at radius 3 is 2.56 bits per heavy atom. The van der Waals surface area contributed by atoms with Gasteiger partial charge in [0.25, 0.3) is 0 Å². The van der Waals surface area contributed by atoms with E-state index in [0.29, 0.717) is 30.6 Å². The Hall–Kier alpha value is -1.53. The van der Waals surface area contributed by atoms with Crippen molar-refractivity contribution in [2.45, 2.75) is 102 Å². The second kappa shape index (κ2) is 9.98. The first-order chi connectivity index (χ1) is 17.1. The highest BCUT2D eigenvalue weighted by Crippen LogP contribution is 2.60. The molecule has 4 fully saturated rings. The number of aryl methyl sites for hydroxylation is 1. The summed E-state index contributed by atoms with van der Waals surface area (Å²) >= 11 is 1.73. The maximum atomic E-state index is 11.1. The molecule has 4 aliphatic rings. The first-order valence-electron chi connectivity index (χ1n) is 13.9. The van der Waals surface area contributed by atoms with Crippen LogP contribution in [0.25, 0.3) is 0 Å². The van der Waals surface area contributed by atoms with Gasteiger partial charge in [-0.05, 0) is 86.2 Å². The quantitative estimate of drug-likeness (QED) is 0.401. The van der Waals surface area contributed by atoms with Crippen molar-refractivity contribution in [2.24, 2.45) is 23.2 Å². The maximum Gasteiger partial charge on any atom is 0.102 e. The second-order valence-electron chi connectivity index (χ2n) is 12.3. The number of aliphatic hydroxyl groups excluding tert-OH is 3. The lowest BCUT2D eigenvalue weighted by Crippen LogP contribution is -2.35. The van der Waals surface area contributed by atoms with Gasteiger partial charge in [0.15, 0.2) is 0 Å². The number of aromatic nitrogens is 1. The van der Waals surface area contributed by atoms with Crippen LogP contribution in [-0.2, 0) is 5.41 Å². The van der Waals surface area contributed by atoms with E-state index in [1.807, 2.05) is 6.20 Å². The molecule has 5 heteroatoms. The van der Waals surface area contributed by atoms with Crippen LogP contribution in [0.5, 0.6) is 0 Å². The Balaban J connectivity index is 1.28. The molecule has 3 N–H and O–H groups in total. The number of thiazole rings is 1. The van der Waals surface area contributed by atoms with Crippen LogP contribution < -0.4 is 0 Å². The number of aliphatic hydroxyl groups is 3. The van der Waals surface area contributed by atoms with Crippen LogP contribution >= 0.6 is 11.3 Å². The van der Waals surface area contributed by atoms with Crippen LogP contribution in [0.3, 0.4) is 0 Å². The van der Waals surface area contributed by atoms with Crippen LogP contribution in [0.2, 0.25) is 0 Å². The summed E-state index contributed by atoms with van der Waals surface area (Å²) in [5, 5.41) is 32.2. The normalized spacial score (nSPS) is 38.0. The molecule has 1 heterocycles. The third-order valence-electron chi connectivity index (χ3n) is 9.95. The van der Waals surface area contributed by atoms with Crippen molar-refractivity contribution in [3.63, 3.8) is 0 Å². The summed E-state index contributed by atoms with van der Waals surface area (Å²) in [5.41, 5.74) is 3.70. The molecule has 0 saturated heterocycles. The predicted octanol–water partition coefficient (Wildman–Crippen LogP) is 6.18. The van der Waals surface area contributed by atoms with Crippen molar-refractivity contribution in [1.29, 1.82) is 0 Å². The van der Waals surface area contributed by atoms with Crippen molar-refractivity contribution in [3.8, 4) is 0 Å². The highest BCUT2D eigenvalue weighted by Gasteiger charge is 2.53. The smallest absolute Gasteiger partial charge is 0.102 e. The average molecular weight is 510 g/mol. The summed E-state index contributed by atoms with van der Waals surface area (Å²) in [5.74, 6) is 1.63. The molecule has 1 aromatic heterocycles. The predicted molar refractivity (Wildman–Crippen MR) is 147 cm³/mol. The van der Waals surface area contributed by atoms with Gasteiger partial charge < -0.3 is 15.3 Å². The van der Waals surface area contributed by atoms with Crippen LogP contribution in [0.15, 0.2) is 53.8 Å². The molecule has 0 amide bonds. The highest BCUT2D eigenvalue weighted by molar-refractivity contribution is 7.11. The third kappa shape index (κ3) is 4.73. The summed E-state index contributed by atoms with van der Waals surface area (Å²) in [6.07, 6.45) is 18.0. The molecular weight excluding hydrogens is 466 g/mol. The number of nitrogens with zero attached hydrogens (tertiary/aromatic N) is 1. The van der Waals surface area contributed by atoms with Gasteiger partial charge >= 0.3 is 0 Å². The molecule has 0 spiro atoms. The molecule has 7 atom stereocenters. The van der Waals surface area contributed by atoms with Crippen molar-refractivity contribution in [3.05, 3.63) is 63.7 Å². The summed E-state index contributed by atoms with van der Waals surface area (Å²) < 4.78 is 0. The van der Waals surface area contributed by atoms with Crippen LogP contribution in [-0.4, -0.2) is 38.6 Å². The SMILES string of the molecule is C=C1CC(O)[C@H](O)C/C1=C/C=C1\CCC[C@]2(C)[C@@H]([C@H](C)/C=C/[C@@H](O)C3(c4ncc(C)s4)CC3)CC[C@@H]12. The fourth-order valence-electron chi connectivity index (χ4n) is 7.52. The first-order valence-corrected chi connectivity index (χ1v) is 14.7. The molecule has 36 heavy (non-hydrogen) atoms. The van der Waals surface area contributed by atoms with E-state index in [1.165, 1.54) is 30.6 Å². The molecule has 1 unspecified atom stereocenters. The molecule has 0 aromatic carbocycles. The summed E-state index contributed by atoms with van der Waals surface area (Å²) in [7, 11) is 0. The van der Waals surface area contributed by atoms with Crippen LogP contribution in [0.1, 0.15) is 81.5 Å². The lowest BCUT2D eigenvalue weighted by molar-refractivity contribution is 0.0138. The Morgan fingerprint density at radius 1 is 1.11 bits per heavy atom. The molecule has 4 aliphatic carbocycles. The van der Waals surface area contributed by atoms with E-state index >= 15 is 0 Å². The number of rotatable bonds is 6. The number of allylic oxidation sites excluding steroid dienone is 4. The molecule has 0 aliphatic heterocycles. The zero-order valence-electron chi connectivity index (χ0n) is 22.1. The molecule has 1 aromatic rings. The van der Waals surface area contributed by atoms with E-state index in [-0.39, 0.29) is 10.8 Å². The first kappa shape index (κ1) is 26.1. The van der Waals surface area contributed by atoms with E-state index in [1.54, 1.807) is 16.9 Å². The fraction of sp³-hybridized carbons (Fsp3) is 0.645. The van der Waals surface area contributed by atoms with Gasteiger partial charge in [0.2, 0.25) is 0 Å². The van der Waals surface area contributed by atoms with Gasteiger partial charge in [-0.2, -0.15) is 0 Å². The van der Waals surface area contributed by atoms with E-state index in [4.69, 9.17) is 0 Å². The van der Waals surface area contributed by atoms with Crippen molar-refractivity contribution >= 4 is 11.3 Å². The zero-order valence-corrected chi connectivity index (χ0v) is 22.9. The van der Waals surface area contributed by atoms with Crippen molar-refractivity contribution < 1.29 is 15.3 Å². The molecular formula is C31H43NO3S. The summed E-state index contributed by atoms with van der Waals surface area (Å²) in [6.45, 7) is 11.1. The van der Waals surface area contributed by atoms with E-state index in [0.717, 1.165) is 35.4 Å². The monoisotopic (exact) mass is 509 g/mol. The largest absolute Gasteiger partial charge is 0.390 e. The molecule has 196 valence electrons. The van der Waals surface area contributed by atoms with Crippen LogP contribution in [0.4, 0.5) is 0 Å². The summed E-state index contributed by atoms with van der Waals surface area (Å²) in [6, 6.07) is 0. The average Bonchev–Trinajstić information content (AvgIpc) is 3.41. The van der Waals surface area contributed by atoms with Crippen molar-refractivity contribution in [2.75, 3.05) is 0 Å². The topological polar surface area (TPSA) is 73.6 Å². The van der Waals surface area contributed by atoms with Gasteiger partial charge in [-0.1, -0.05) is 50.3 Å². The Bertz CT molecular complexity index is 1080. The standard InChI is InChI=1S/C31H43NO3S/c1-19(7-12-28(35)31(14-15-31)29-32-18-21(3)36-29)24-10-11-25-22(6-5-13-30(24,25)4)8-9-23-17-27(34)26(33)16-20(23)2/h7-9,12,18-19,24-28,33-35H,2,5-6,10-11,13-17H2,1,3-4H3/b12-7+,22-8+,23-9-/t19-,24-,25+,26?,27-,28-,30-/m1/s1. The molecule has 4 saturated carbocycles. The van der Waals surface area contributed by atoms with Gasteiger partial charge in [0.1, 0.15) is 5.01 Å². The minimum absolute atomic E-state index is 0.155. The van der Waals surface area contributed by atoms with Gasteiger partial charge in [0.05, 0.1) is 23.7 Å². The zero-order chi connectivity index (χ0) is 25.7. The maximum absolute atomic E-state index is 11.1. The van der Waals surface area contributed by atoms with Gasteiger partial charge in [-0.15, -0.1) is 11.3 Å². The van der Waals surface area contributed by atoms with E-state index < -0.39 is 18.3 Å². The number of hydrogen-bond acceptors (Lipinski definition) is 5. The number of hydrogen-bond donors (Lipinski definition) is 3. The lowest BCUT2D eigenvalue weighted by Gasteiger charge is -2.44.